The van der Waals surface area contributed by atoms with Crippen molar-refractivity contribution < 1.29 is 32.5 Å². The molecule has 0 radical (unpaired) electrons. The van der Waals surface area contributed by atoms with Crippen LogP contribution in [0.1, 0.15) is 42.9 Å². The highest BCUT2D eigenvalue weighted by molar-refractivity contribution is 7.91. The SMILES string of the molecule is COc1cccc([C@H]2OC(c3ccc(OCCCO)cc3)=N[C@@]2(CCS(=O)(=O)c2ccccc2)C(=O)N2CCCC2)c1. The van der Waals surface area contributed by atoms with Gasteiger partial charge in [-0.05, 0) is 66.9 Å². The topological polar surface area (TPSA) is 115 Å². The molecule has 9 nitrogen and oxygen atoms in total. The van der Waals surface area contributed by atoms with Crippen molar-refractivity contribution in [1.29, 1.82) is 0 Å². The van der Waals surface area contributed by atoms with Crippen molar-refractivity contribution >= 4 is 21.6 Å². The van der Waals surface area contributed by atoms with Crippen molar-refractivity contribution in [1.82, 2.24) is 4.90 Å². The van der Waals surface area contributed by atoms with E-state index in [0.29, 0.717) is 48.7 Å². The van der Waals surface area contributed by atoms with Crippen molar-refractivity contribution in [3.05, 3.63) is 90.0 Å². The number of rotatable bonds is 12. The van der Waals surface area contributed by atoms with Crippen LogP contribution in [-0.2, 0) is 19.4 Å². The van der Waals surface area contributed by atoms with Gasteiger partial charge in [-0.1, -0.05) is 30.3 Å². The summed E-state index contributed by atoms with van der Waals surface area (Å²) in [5, 5.41) is 9.03. The molecular formula is C32H36N2O7S. The fourth-order valence-electron chi connectivity index (χ4n) is 5.39. The molecule has 3 aromatic rings. The van der Waals surface area contributed by atoms with Crippen LogP contribution < -0.4 is 9.47 Å². The molecule has 0 saturated carbocycles. The number of ether oxygens (including phenoxy) is 3. The molecular weight excluding hydrogens is 556 g/mol. The number of nitrogens with zero attached hydrogens (tertiary/aromatic N) is 2. The summed E-state index contributed by atoms with van der Waals surface area (Å²) in [7, 11) is -2.15. The van der Waals surface area contributed by atoms with E-state index in [1.165, 1.54) is 0 Å². The highest BCUT2D eigenvalue weighted by atomic mass is 32.2. The molecule has 0 bridgehead atoms. The zero-order valence-electron chi connectivity index (χ0n) is 23.6. The lowest BCUT2D eigenvalue weighted by atomic mass is 9.84. The predicted molar refractivity (Wildman–Crippen MR) is 159 cm³/mol. The molecule has 2 aliphatic heterocycles. The maximum absolute atomic E-state index is 14.4. The second kappa shape index (κ2) is 13.0. The van der Waals surface area contributed by atoms with Crippen LogP contribution in [0.15, 0.2) is 88.8 Å². The molecule has 0 aromatic heterocycles. The minimum atomic E-state index is -3.71. The molecule has 1 amide bonds. The maximum Gasteiger partial charge on any atom is 0.254 e. The summed E-state index contributed by atoms with van der Waals surface area (Å²) < 4.78 is 44.6. The number of hydrogen-bond acceptors (Lipinski definition) is 8. The fraction of sp³-hybridized carbons (Fsp3) is 0.375. The van der Waals surface area contributed by atoms with Crippen molar-refractivity contribution in [2.75, 3.05) is 39.2 Å². The largest absolute Gasteiger partial charge is 0.497 e. The first-order chi connectivity index (χ1) is 20.4. The normalized spacial score (nSPS) is 20.2. The Labute approximate surface area is 246 Å². The van der Waals surface area contributed by atoms with Crippen LogP contribution in [0.5, 0.6) is 11.5 Å². The molecule has 0 aliphatic carbocycles. The van der Waals surface area contributed by atoms with Crippen LogP contribution in [0.4, 0.5) is 0 Å². The molecule has 2 aliphatic rings. The van der Waals surface area contributed by atoms with Crippen LogP contribution >= 0.6 is 0 Å². The number of aliphatic hydroxyl groups excluding tert-OH is 1. The van der Waals surface area contributed by atoms with E-state index in [-0.39, 0.29) is 35.5 Å². The maximum atomic E-state index is 14.4. The van der Waals surface area contributed by atoms with Gasteiger partial charge in [0.25, 0.3) is 5.91 Å². The number of sulfone groups is 1. The Morgan fingerprint density at radius 1 is 1.02 bits per heavy atom. The second-order valence-corrected chi connectivity index (χ2v) is 12.6. The lowest BCUT2D eigenvalue weighted by Crippen LogP contribution is -2.50. The van der Waals surface area contributed by atoms with Gasteiger partial charge in [0.2, 0.25) is 5.90 Å². The first kappa shape index (κ1) is 29.6. The van der Waals surface area contributed by atoms with E-state index in [1.807, 2.05) is 12.1 Å². The monoisotopic (exact) mass is 592 g/mol. The van der Waals surface area contributed by atoms with Crippen LogP contribution in [0.2, 0.25) is 0 Å². The van der Waals surface area contributed by atoms with Crippen LogP contribution in [0.3, 0.4) is 0 Å². The quantitative estimate of drug-likeness (QED) is 0.314. The number of carbonyl (C=O) groups is 1. The summed E-state index contributed by atoms with van der Waals surface area (Å²) in [6.07, 6.45) is 1.34. The molecule has 2 heterocycles. The highest BCUT2D eigenvalue weighted by Gasteiger charge is 2.55. The number of hydrogen-bond donors (Lipinski definition) is 1. The molecule has 0 spiro atoms. The zero-order valence-corrected chi connectivity index (χ0v) is 24.5. The second-order valence-electron chi connectivity index (χ2n) is 10.4. The summed E-state index contributed by atoms with van der Waals surface area (Å²) in [5.74, 6) is 0.954. The van der Waals surface area contributed by atoms with Gasteiger partial charge in [-0.3, -0.25) is 4.79 Å². The number of methoxy groups -OCH3 is 1. The average molecular weight is 593 g/mol. The van der Waals surface area contributed by atoms with E-state index >= 15 is 0 Å². The van der Waals surface area contributed by atoms with Crippen molar-refractivity contribution in [3.63, 3.8) is 0 Å². The molecule has 3 aromatic carbocycles. The van der Waals surface area contributed by atoms with E-state index in [9.17, 15) is 13.2 Å². The van der Waals surface area contributed by atoms with E-state index in [4.69, 9.17) is 24.3 Å². The summed E-state index contributed by atoms with van der Waals surface area (Å²) in [4.78, 5) is 21.4. The average Bonchev–Trinajstić information content (AvgIpc) is 3.70. The Morgan fingerprint density at radius 2 is 1.76 bits per heavy atom. The first-order valence-electron chi connectivity index (χ1n) is 14.2. The summed E-state index contributed by atoms with van der Waals surface area (Å²) in [6, 6.07) is 22.7. The Bertz CT molecular complexity index is 1500. The molecule has 42 heavy (non-hydrogen) atoms. The van der Waals surface area contributed by atoms with Crippen molar-refractivity contribution in [2.24, 2.45) is 4.99 Å². The van der Waals surface area contributed by atoms with Crippen molar-refractivity contribution in [3.8, 4) is 11.5 Å². The van der Waals surface area contributed by atoms with Gasteiger partial charge < -0.3 is 24.2 Å². The summed E-state index contributed by atoms with van der Waals surface area (Å²) >= 11 is 0. The third-order valence-corrected chi connectivity index (χ3v) is 9.38. The van der Waals surface area contributed by atoms with E-state index in [1.54, 1.807) is 78.7 Å². The van der Waals surface area contributed by atoms with Crippen LogP contribution in [0.25, 0.3) is 0 Å². The zero-order chi connectivity index (χ0) is 29.6. The Hall–Kier alpha value is -3.89. The number of amides is 1. The van der Waals surface area contributed by atoms with Gasteiger partial charge in [0.1, 0.15) is 11.5 Å². The minimum absolute atomic E-state index is 0.0432. The first-order valence-corrected chi connectivity index (χ1v) is 15.8. The molecule has 222 valence electrons. The third kappa shape index (κ3) is 6.29. The minimum Gasteiger partial charge on any atom is -0.497 e. The number of carbonyl (C=O) groups excluding carboxylic acids is 1. The molecule has 1 saturated heterocycles. The van der Waals surface area contributed by atoms with Gasteiger partial charge in [0.15, 0.2) is 21.5 Å². The number of benzene rings is 3. The van der Waals surface area contributed by atoms with Gasteiger partial charge in [-0.25, -0.2) is 13.4 Å². The van der Waals surface area contributed by atoms with Crippen LogP contribution in [0, 0.1) is 0 Å². The van der Waals surface area contributed by atoms with Gasteiger partial charge >= 0.3 is 0 Å². The third-order valence-electron chi connectivity index (χ3n) is 7.65. The molecule has 5 rings (SSSR count). The van der Waals surface area contributed by atoms with Crippen LogP contribution in [-0.4, -0.2) is 74.9 Å². The van der Waals surface area contributed by atoms with E-state index < -0.39 is 21.5 Å². The van der Waals surface area contributed by atoms with Gasteiger partial charge in [0.05, 0.1) is 24.4 Å². The summed E-state index contributed by atoms with van der Waals surface area (Å²) in [6.45, 7) is 1.60. The molecule has 0 unspecified atom stereocenters. The van der Waals surface area contributed by atoms with Gasteiger partial charge in [-0.15, -0.1) is 0 Å². The molecule has 2 atom stereocenters. The van der Waals surface area contributed by atoms with Gasteiger partial charge in [0, 0.05) is 38.1 Å². The van der Waals surface area contributed by atoms with E-state index in [2.05, 4.69) is 0 Å². The van der Waals surface area contributed by atoms with Crippen molar-refractivity contribution in [2.45, 2.75) is 42.2 Å². The van der Waals surface area contributed by atoms with E-state index in [0.717, 1.165) is 12.8 Å². The molecule has 10 heteroatoms. The lowest BCUT2D eigenvalue weighted by Gasteiger charge is -2.34. The standard InChI is InChI=1S/C32H36N2O7S/c1-39-27-10-7-9-25(23-27)29-32(31(36)34-18-5-6-19-34,17-22-42(37,38)28-11-3-2-4-12-28)33-30(41-29)24-13-15-26(16-14-24)40-21-8-20-35/h2-4,7,9-16,23,29,35H,5-6,8,17-22H2,1H3/t29-,32-/m1/s1. The Balaban J connectivity index is 1.57. The molecule has 1 fully saturated rings. The lowest BCUT2D eigenvalue weighted by molar-refractivity contribution is -0.138. The molecule has 1 N–H and O–H groups in total. The smallest absolute Gasteiger partial charge is 0.254 e. The van der Waals surface area contributed by atoms with Gasteiger partial charge in [-0.2, -0.15) is 0 Å². The highest BCUT2D eigenvalue weighted by Crippen LogP contribution is 2.45. The predicted octanol–water partition coefficient (Wildman–Crippen LogP) is 4.20. The Morgan fingerprint density at radius 3 is 2.45 bits per heavy atom. The summed E-state index contributed by atoms with van der Waals surface area (Å²) in [5.41, 5.74) is -0.203. The number of likely N-dealkylation sites (tertiary alicyclic amines) is 1. The number of aliphatic hydroxyl groups is 1. The Kier molecular flexibility index (Phi) is 9.13. The number of aliphatic imine (C=N–C) groups is 1. The fourth-order valence-corrected chi connectivity index (χ4v) is 6.78.